The van der Waals surface area contributed by atoms with E-state index in [1.807, 2.05) is 51.1 Å². The Hall–Kier alpha value is -4.30. The Balaban J connectivity index is 1.87. The second-order valence-corrected chi connectivity index (χ2v) is 13.8. The first-order chi connectivity index (χ1) is 20.7. The molecule has 230 valence electrons. The number of nitro benzene ring substituents is 1. The standard InChI is InChI=1S/C36H41N3O4S/c1-23(2)26-15-16-27(29(20-26)24(3)4)22-38-34(21-33(40)36(5,6)7)44-32(35(38)41)19-25-14-17-30(31(18-25)39(42)43)37(8)28-12-10-9-11-13-28/h9-21,23-24H,22H2,1-8H3/b32-19-,34-21+. The molecule has 3 aromatic carbocycles. The normalized spacial score (nSPS) is 12.8. The molecular formula is C36H41N3O4S. The van der Waals surface area contributed by atoms with Gasteiger partial charge in [0.1, 0.15) is 10.4 Å². The summed E-state index contributed by atoms with van der Waals surface area (Å²) in [5.74, 6) is 0.547. The van der Waals surface area contributed by atoms with Gasteiger partial charge in [0.05, 0.1) is 16.0 Å². The summed E-state index contributed by atoms with van der Waals surface area (Å²) < 4.78 is 2.61. The van der Waals surface area contributed by atoms with E-state index in [-0.39, 0.29) is 22.9 Å². The van der Waals surface area contributed by atoms with Gasteiger partial charge in [-0.3, -0.25) is 24.3 Å². The van der Waals surface area contributed by atoms with Crippen molar-refractivity contribution in [1.82, 2.24) is 4.57 Å². The number of thiazole rings is 1. The summed E-state index contributed by atoms with van der Waals surface area (Å²) in [5.41, 5.74) is 4.31. The van der Waals surface area contributed by atoms with Crippen LogP contribution in [-0.4, -0.2) is 22.3 Å². The van der Waals surface area contributed by atoms with Crippen LogP contribution < -0.4 is 19.7 Å². The fourth-order valence-electron chi connectivity index (χ4n) is 4.95. The number of ketones is 1. The van der Waals surface area contributed by atoms with Gasteiger partial charge < -0.3 is 4.90 Å². The third-order valence-corrected chi connectivity index (χ3v) is 8.78. The van der Waals surface area contributed by atoms with Gasteiger partial charge in [0.25, 0.3) is 11.2 Å². The number of rotatable bonds is 9. The predicted octanol–water partition coefficient (Wildman–Crippen LogP) is 7.11. The minimum atomic E-state index is -0.613. The highest BCUT2D eigenvalue weighted by Gasteiger charge is 2.21. The molecule has 0 aliphatic heterocycles. The van der Waals surface area contributed by atoms with Crippen LogP contribution in [-0.2, 0) is 11.3 Å². The fourth-order valence-corrected chi connectivity index (χ4v) is 5.99. The molecule has 0 aliphatic carbocycles. The number of nitro groups is 1. The van der Waals surface area contributed by atoms with Gasteiger partial charge in [-0.05, 0) is 58.4 Å². The molecule has 44 heavy (non-hydrogen) atoms. The molecule has 0 saturated carbocycles. The first kappa shape index (κ1) is 32.6. The smallest absolute Gasteiger partial charge is 0.293 e. The molecule has 0 amide bonds. The average Bonchev–Trinajstić information content (AvgIpc) is 3.25. The van der Waals surface area contributed by atoms with Gasteiger partial charge in [0.15, 0.2) is 5.78 Å². The van der Waals surface area contributed by atoms with Gasteiger partial charge in [-0.25, -0.2) is 0 Å². The van der Waals surface area contributed by atoms with E-state index in [0.717, 1.165) is 11.3 Å². The molecule has 0 bridgehead atoms. The number of aromatic nitrogens is 1. The topological polar surface area (TPSA) is 85.4 Å². The highest BCUT2D eigenvalue weighted by molar-refractivity contribution is 7.07. The predicted molar refractivity (Wildman–Crippen MR) is 182 cm³/mol. The van der Waals surface area contributed by atoms with E-state index in [9.17, 15) is 19.7 Å². The van der Waals surface area contributed by atoms with Crippen molar-refractivity contribution in [2.75, 3.05) is 11.9 Å². The van der Waals surface area contributed by atoms with Crippen LogP contribution >= 0.6 is 11.3 Å². The van der Waals surface area contributed by atoms with E-state index in [4.69, 9.17) is 0 Å². The summed E-state index contributed by atoms with van der Waals surface area (Å²) in [6.45, 7) is 14.5. The van der Waals surface area contributed by atoms with Crippen LogP contribution in [0.25, 0.3) is 12.2 Å². The van der Waals surface area contributed by atoms with Crippen molar-refractivity contribution in [2.45, 2.75) is 66.8 Å². The van der Waals surface area contributed by atoms with Gasteiger partial charge in [-0.2, -0.15) is 0 Å². The SMILES string of the molecule is CC(C)c1ccc(Cn2c(=O)/c(=C/c3ccc(N(C)c4ccccc4)c([N+](=O)[O-])c3)s/c2=C/C(=O)C(C)(C)C)c(C(C)C)c1. The summed E-state index contributed by atoms with van der Waals surface area (Å²) in [6.07, 6.45) is 3.23. The van der Waals surface area contributed by atoms with Crippen molar-refractivity contribution in [1.29, 1.82) is 0 Å². The first-order valence-corrected chi connectivity index (χ1v) is 15.7. The highest BCUT2D eigenvalue weighted by Crippen LogP contribution is 2.33. The number of nitrogens with zero attached hydrogens (tertiary/aromatic N) is 3. The Bertz CT molecular complexity index is 1860. The number of carbonyl (C=O) groups excluding carboxylic acids is 1. The molecule has 0 unspecified atom stereocenters. The number of anilines is 2. The number of carbonyl (C=O) groups is 1. The Kier molecular flexibility index (Phi) is 9.74. The van der Waals surface area contributed by atoms with Crippen LogP contribution in [0.3, 0.4) is 0 Å². The minimum Gasteiger partial charge on any atom is -0.339 e. The lowest BCUT2D eigenvalue weighted by Crippen LogP contribution is -2.33. The Labute approximate surface area is 263 Å². The molecule has 4 aromatic rings. The lowest BCUT2D eigenvalue weighted by Gasteiger charge is -2.19. The van der Waals surface area contributed by atoms with Crippen LogP contribution in [0.2, 0.25) is 0 Å². The molecule has 0 radical (unpaired) electrons. The molecule has 0 aliphatic rings. The quantitative estimate of drug-likeness (QED) is 0.149. The van der Waals surface area contributed by atoms with Gasteiger partial charge in [0, 0.05) is 30.3 Å². The van der Waals surface area contributed by atoms with Gasteiger partial charge in [0.2, 0.25) is 0 Å². The van der Waals surface area contributed by atoms with Crippen LogP contribution in [0, 0.1) is 15.5 Å². The summed E-state index contributed by atoms with van der Waals surface area (Å²) in [4.78, 5) is 40.5. The Morgan fingerprint density at radius 2 is 1.68 bits per heavy atom. The minimum absolute atomic E-state index is 0.0662. The second-order valence-electron chi connectivity index (χ2n) is 12.8. The zero-order valence-corrected chi connectivity index (χ0v) is 27.6. The van der Waals surface area contributed by atoms with Crippen molar-refractivity contribution < 1.29 is 9.72 Å². The molecule has 0 spiro atoms. The molecule has 0 fully saturated rings. The largest absolute Gasteiger partial charge is 0.339 e. The molecule has 8 heteroatoms. The van der Waals surface area contributed by atoms with Crippen LogP contribution in [0.15, 0.2) is 71.5 Å². The fraction of sp³-hybridized carbons (Fsp3) is 0.333. The van der Waals surface area contributed by atoms with Gasteiger partial charge >= 0.3 is 0 Å². The molecular weight excluding hydrogens is 570 g/mol. The van der Waals surface area contributed by atoms with Crippen molar-refractivity contribution in [3.8, 4) is 0 Å². The van der Waals surface area contributed by atoms with Crippen LogP contribution in [0.4, 0.5) is 17.1 Å². The number of Topliss-reactive ketones (excluding diaryl/α,β-unsaturated/α-hetero) is 1. The summed E-state index contributed by atoms with van der Waals surface area (Å²) in [5, 5.41) is 12.1. The van der Waals surface area contributed by atoms with Crippen LogP contribution in [0.5, 0.6) is 0 Å². The molecule has 0 N–H and O–H groups in total. The van der Waals surface area contributed by atoms with Crippen molar-refractivity contribution in [3.05, 3.63) is 119 Å². The summed E-state index contributed by atoms with van der Waals surface area (Å²) in [7, 11) is 1.78. The maximum atomic E-state index is 13.9. The number of benzene rings is 3. The van der Waals surface area contributed by atoms with Crippen molar-refractivity contribution in [2.24, 2.45) is 5.41 Å². The molecule has 1 heterocycles. The monoisotopic (exact) mass is 611 g/mol. The van der Waals surface area contributed by atoms with E-state index >= 15 is 0 Å². The van der Waals surface area contributed by atoms with Crippen molar-refractivity contribution in [3.63, 3.8) is 0 Å². The van der Waals surface area contributed by atoms with Crippen LogP contribution in [0.1, 0.15) is 82.6 Å². The maximum absolute atomic E-state index is 13.9. The molecule has 7 nitrogen and oxygen atoms in total. The van der Waals surface area contributed by atoms with Gasteiger partial charge in [-0.15, -0.1) is 11.3 Å². The van der Waals surface area contributed by atoms with Gasteiger partial charge in [-0.1, -0.05) is 90.9 Å². The van der Waals surface area contributed by atoms with E-state index in [2.05, 4.69) is 45.9 Å². The van der Waals surface area contributed by atoms with E-state index in [1.54, 1.807) is 40.8 Å². The van der Waals surface area contributed by atoms with E-state index in [1.165, 1.54) is 28.5 Å². The number of para-hydroxylation sites is 1. The van der Waals surface area contributed by atoms with E-state index in [0.29, 0.717) is 32.9 Å². The zero-order chi connectivity index (χ0) is 32.3. The molecule has 0 saturated heterocycles. The summed E-state index contributed by atoms with van der Waals surface area (Å²) in [6, 6.07) is 20.8. The molecule has 0 atom stereocenters. The highest BCUT2D eigenvalue weighted by atomic mass is 32.1. The maximum Gasteiger partial charge on any atom is 0.293 e. The third-order valence-electron chi connectivity index (χ3n) is 7.72. The number of hydrogen-bond acceptors (Lipinski definition) is 6. The average molecular weight is 612 g/mol. The van der Waals surface area contributed by atoms with Crippen molar-refractivity contribution >= 4 is 46.3 Å². The Morgan fingerprint density at radius 1 is 1.00 bits per heavy atom. The zero-order valence-electron chi connectivity index (χ0n) is 26.8. The summed E-state index contributed by atoms with van der Waals surface area (Å²) >= 11 is 1.23. The Morgan fingerprint density at radius 3 is 2.27 bits per heavy atom. The first-order valence-electron chi connectivity index (χ1n) is 14.8. The second kappa shape index (κ2) is 13.1. The molecule has 4 rings (SSSR count). The third kappa shape index (κ3) is 7.25. The number of hydrogen-bond donors (Lipinski definition) is 0. The van der Waals surface area contributed by atoms with E-state index < -0.39 is 10.3 Å². The lowest BCUT2D eigenvalue weighted by atomic mass is 9.91. The molecule has 1 aromatic heterocycles. The lowest BCUT2D eigenvalue weighted by molar-refractivity contribution is -0.384.